The lowest BCUT2D eigenvalue weighted by atomic mass is 10.1. The summed E-state index contributed by atoms with van der Waals surface area (Å²) >= 11 is 1.38. The van der Waals surface area contributed by atoms with Gasteiger partial charge in [0.2, 0.25) is 0 Å². The second kappa shape index (κ2) is 7.94. The summed E-state index contributed by atoms with van der Waals surface area (Å²) in [6.07, 6.45) is 1.82. The van der Waals surface area contributed by atoms with Gasteiger partial charge < -0.3 is 4.74 Å². The van der Waals surface area contributed by atoms with Crippen molar-refractivity contribution < 1.29 is 9.13 Å². The maximum atomic E-state index is 13.1. The smallest absolute Gasteiger partial charge is 0.134 e. The molecule has 5 heteroatoms. The zero-order valence-electron chi connectivity index (χ0n) is 14.4. The molecular formula is C21H17FN2OS. The number of nitrogens with zero attached hydrogens (tertiary/aromatic N) is 2. The molecule has 1 heterocycles. The molecule has 3 nitrogen and oxygen atoms in total. The van der Waals surface area contributed by atoms with E-state index in [9.17, 15) is 9.65 Å². The van der Waals surface area contributed by atoms with Gasteiger partial charge in [0.25, 0.3) is 0 Å². The Balaban J connectivity index is 1.94. The average Bonchev–Trinajstić information content (AvgIpc) is 3.11. The van der Waals surface area contributed by atoms with Gasteiger partial charge in [-0.25, -0.2) is 9.37 Å². The highest BCUT2D eigenvalue weighted by Gasteiger charge is 2.11. The van der Waals surface area contributed by atoms with Crippen molar-refractivity contribution in [2.45, 2.75) is 20.0 Å². The van der Waals surface area contributed by atoms with Crippen molar-refractivity contribution >= 4 is 23.0 Å². The topological polar surface area (TPSA) is 45.9 Å². The van der Waals surface area contributed by atoms with Crippen LogP contribution in [-0.4, -0.2) is 11.1 Å². The van der Waals surface area contributed by atoms with Crippen LogP contribution in [0.2, 0.25) is 0 Å². The van der Waals surface area contributed by atoms with Gasteiger partial charge in [-0.1, -0.05) is 18.2 Å². The monoisotopic (exact) mass is 364 g/mol. The second-order valence-corrected chi connectivity index (χ2v) is 6.78. The molecule has 0 N–H and O–H groups in total. The molecule has 1 aromatic heterocycles. The number of benzene rings is 2. The molecule has 0 aliphatic carbocycles. The summed E-state index contributed by atoms with van der Waals surface area (Å²) in [5.74, 6) is 0.439. The fourth-order valence-corrected chi connectivity index (χ4v) is 3.20. The molecule has 0 saturated carbocycles. The minimum absolute atomic E-state index is 0.0417. The van der Waals surface area contributed by atoms with E-state index in [0.29, 0.717) is 10.6 Å². The van der Waals surface area contributed by atoms with E-state index in [1.165, 1.54) is 23.5 Å². The minimum Gasteiger partial charge on any atom is -0.490 e. The molecule has 0 unspecified atom stereocenters. The summed E-state index contributed by atoms with van der Waals surface area (Å²) in [6.45, 7) is 3.92. The molecule has 26 heavy (non-hydrogen) atoms. The molecule has 0 amide bonds. The van der Waals surface area contributed by atoms with Crippen LogP contribution < -0.4 is 4.74 Å². The van der Waals surface area contributed by atoms with Crippen LogP contribution in [0.25, 0.3) is 22.9 Å². The molecule has 0 spiro atoms. The van der Waals surface area contributed by atoms with Crippen LogP contribution >= 0.6 is 11.3 Å². The summed E-state index contributed by atoms with van der Waals surface area (Å²) < 4.78 is 18.9. The Morgan fingerprint density at radius 2 is 1.92 bits per heavy atom. The van der Waals surface area contributed by atoms with Gasteiger partial charge in [0.05, 0.1) is 17.4 Å². The van der Waals surface area contributed by atoms with Crippen molar-refractivity contribution in [2.24, 2.45) is 0 Å². The Labute approximate surface area is 156 Å². The largest absolute Gasteiger partial charge is 0.490 e. The standard InChI is InChI=1S/C21H17FN2OS/c1-14(2)25-20-6-4-3-5-16(20)11-17(12-23)21-24-19(13-26-21)15-7-9-18(22)10-8-15/h3-11,13-14H,1-2H3. The maximum Gasteiger partial charge on any atom is 0.134 e. The van der Waals surface area contributed by atoms with Crippen molar-refractivity contribution in [1.82, 2.24) is 4.98 Å². The number of allylic oxidation sites excluding steroid dienone is 1. The lowest BCUT2D eigenvalue weighted by molar-refractivity contribution is 0.242. The summed E-state index contributed by atoms with van der Waals surface area (Å²) in [5.41, 5.74) is 2.83. The van der Waals surface area contributed by atoms with Gasteiger partial charge >= 0.3 is 0 Å². The van der Waals surface area contributed by atoms with Gasteiger partial charge in [-0.2, -0.15) is 5.26 Å². The van der Waals surface area contributed by atoms with Crippen molar-refractivity contribution in [3.05, 3.63) is 70.3 Å². The van der Waals surface area contributed by atoms with Crippen molar-refractivity contribution in [3.63, 3.8) is 0 Å². The van der Waals surface area contributed by atoms with Gasteiger partial charge in [-0.15, -0.1) is 11.3 Å². The van der Waals surface area contributed by atoms with Crippen molar-refractivity contribution in [3.8, 4) is 23.1 Å². The van der Waals surface area contributed by atoms with Crippen molar-refractivity contribution in [2.75, 3.05) is 0 Å². The maximum absolute atomic E-state index is 13.1. The molecule has 0 radical (unpaired) electrons. The Morgan fingerprint density at radius 1 is 1.19 bits per heavy atom. The number of halogens is 1. The third-order valence-electron chi connectivity index (χ3n) is 3.58. The van der Waals surface area contributed by atoms with E-state index in [-0.39, 0.29) is 11.9 Å². The first-order valence-electron chi connectivity index (χ1n) is 8.16. The van der Waals surface area contributed by atoms with E-state index in [1.54, 1.807) is 18.2 Å². The first-order valence-corrected chi connectivity index (χ1v) is 9.04. The second-order valence-electron chi connectivity index (χ2n) is 5.92. The van der Waals surface area contributed by atoms with E-state index in [2.05, 4.69) is 11.1 Å². The number of thiazole rings is 1. The van der Waals surface area contributed by atoms with Gasteiger partial charge in [-0.05, 0) is 50.3 Å². The Morgan fingerprint density at radius 3 is 2.62 bits per heavy atom. The van der Waals surface area contributed by atoms with Crippen LogP contribution in [0.3, 0.4) is 0 Å². The highest BCUT2D eigenvalue weighted by molar-refractivity contribution is 7.11. The molecule has 3 aromatic rings. The molecular weight excluding hydrogens is 347 g/mol. The van der Waals surface area contributed by atoms with Gasteiger partial charge in [0, 0.05) is 16.5 Å². The fourth-order valence-electron chi connectivity index (χ4n) is 2.41. The lowest BCUT2D eigenvalue weighted by Gasteiger charge is -2.12. The zero-order chi connectivity index (χ0) is 18.5. The molecule has 2 aromatic carbocycles. The number of ether oxygens (including phenoxy) is 1. The Kier molecular flexibility index (Phi) is 5.45. The SMILES string of the molecule is CC(C)Oc1ccccc1C=C(C#N)c1nc(-c2ccc(F)cc2)cs1. The third-order valence-corrected chi connectivity index (χ3v) is 4.45. The molecule has 0 bridgehead atoms. The molecule has 0 aliphatic heterocycles. The predicted octanol–water partition coefficient (Wildman–Crippen LogP) is 5.80. The van der Waals surface area contributed by atoms with E-state index in [0.717, 1.165) is 22.6 Å². The predicted molar refractivity (Wildman–Crippen MR) is 103 cm³/mol. The van der Waals surface area contributed by atoms with Crippen LogP contribution in [0.4, 0.5) is 4.39 Å². The van der Waals surface area contributed by atoms with Crippen molar-refractivity contribution in [1.29, 1.82) is 5.26 Å². The molecule has 0 aliphatic rings. The fraction of sp³-hybridized carbons (Fsp3) is 0.143. The first kappa shape index (κ1) is 17.8. The highest BCUT2D eigenvalue weighted by atomic mass is 32.1. The quantitative estimate of drug-likeness (QED) is 0.537. The Bertz CT molecular complexity index is 968. The van der Waals surface area contributed by atoms with Crippen LogP contribution in [0, 0.1) is 17.1 Å². The van der Waals surface area contributed by atoms with Gasteiger partial charge in [0.1, 0.15) is 22.6 Å². The highest BCUT2D eigenvalue weighted by Crippen LogP contribution is 2.29. The number of nitriles is 1. The van der Waals surface area contributed by atoms with Crippen LogP contribution in [0.1, 0.15) is 24.4 Å². The summed E-state index contributed by atoms with van der Waals surface area (Å²) in [4.78, 5) is 4.53. The lowest BCUT2D eigenvalue weighted by Crippen LogP contribution is -2.06. The summed E-state index contributed by atoms with van der Waals surface area (Å²) in [6, 6.07) is 16.0. The van der Waals surface area contributed by atoms with E-state index >= 15 is 0 Å². The minimum atomic E-state index is -0.288. The van der Waals surface area contributed by atoms with Crippen LogP contribution in [0.15, 0.2) is 53.9 Å². The third kappa shape index (κ3) is 4.16. The molecule has 0 saturated heterocycles. The molecule has 0 atom stereocenters. The van der Waals surface area contributed by atoms with Gasteiger partial charge in [0.15, 0.2) is 0 Å². The summed E-state index contributed by atoms with van der Waals surface area (Å²) in [5, 5.41) is 12.1. The van der Waals surface area contributed by atoms with Crippen LogP contribution in [0.5, 0.6) is 5.75 Å². The summed E-state index contributed by atoms with van der Waals surface area (Å²) in [7, 11) is 0. The average molecular weight is 364 g/mol. The van der Waals surface area contributed by atoms with Gasteiger partial charge in [-0.3, -0.25) is 0 Å². The number of hydrogen-bond donors (Lipinski definition) is 0. The van der Waals surface area contributed by atoms with E-state index in [4.69, 9.17) is 4.74 Å². The number of hydrogen-bond acceptors (Lipinski definition) is 4. The van der Waals surface area contributed by atoms with E-state index < -0.39 is 0 Å². The van der Waals surface area contributed by atoms with Crippen LogP contribution in [-0.2, 0) is 0 Å². The van der Waals surface area contributed by atoms with E-state index in [1.807, 2.05) is 43.5 Å². The number of rotatable bonds is 5. The molecule has 130 valence electrons. The number of para-hydroxylation sites is 1. The molecule has 0 fully saturated rings. The first-order chi connectivity index (χ1) is 12.6. The Hall–Kier alpha value is -2.97. The zero-order valence-corrected chi connectivity index (χ0v) is 15.3. The normalized spacial score (nSPS) is 11.4. The molecule has 3 rings (SSSR count). The number of aromatic nitrogens is 1.